The molecular formula is C27H39N3O4. The van der Waals surface area contributed by atoms with E-state index in [-0.39, 0.29) is 42.4 Å². The smallest absolute Gasteiger partial charge is 0.259 e. The largest absolute Gasteiger partial charge is 0.472 e. The summed E-state index contributed by atoms with van der Waals surface area (Å²) in [6.45, 7) is 4.68. The number of hydrogen-bond acceptors (Lipinski definition) is 5. The zero-order chi connectivity index (χ0) is 24.2. The number of allylic oxidation sites excluding steroid dienone is 2. The maximum Gasteiger partial charge on any atom is 0.259 e. The van der Waals surface area contributed by atoms with Crippen molar-refractivity contribution in [1.29, 1.82) is 0 Å². The lowest BCUT2D eigenvalue weighted by Gasteiger charge is -2.38. The zero-order valence-electron chi connectivity index (χ0n) is 20.8. The van der Waals surface area contributed by atoms with E-state index in [4.69, 9.17) is 4.74 Å². The number of rotatable bonds is 6. The molecule has 1 aromatic heterocycles. The average molecular weight is 470 g/mol. The van der Waals surface area contributed by atoms with Gasteiger partial charge in [-0.1, -0.05) is 32.3 Å². The molecule has 1 saturated carbocycles. The molecular weight excluding hydrogens is 430 g/mol. The number of aromatic nitrogens is 1. The van der Waals surface area contributed by atoms with Crippen molar-refractivity contribution in [2.24, 2.45) is 11.8 Å². The van der Waals surface area contributed by atoms with Crippen molar-refractivity contribution < 1.29 is 19.4 Å². The van der Waals surface area contributed by atoms with E-state index in [0.717, 1.165) is 50.5 Å². The lowest BCUT2D eigenvalue weighted by Crippen LogP contribution is -2.51. The number of aliphatic hydroxyl groups is 1. The molecule has 186 valence electrons. The topological polar surface area (TPSA) is 83.0 Å². The summed E-state index contributed by atoms with van der Waals surface area (Å²) in [4.78, 5) is 34.8. The Morgan fingerprint density at radius 2 is 2.06 bits per heavy atom. The number of pyridine rings is 1. The quantitative estimate of drug-likeness (QED) is 0.683. The summed E-state index contributed by atoms with van der Waals surface area (Å²) in [5.74, 6) is 0.402. The predicted octanol–water partition coefficient (Wildman–Crippen LogP) is 3.91. The van der Waals surface area contributed by atoms with E-state index < -0.39 is 0 Å². The molecule has 0 radical (unpaired) electrons. The molecule has 1 fully saturated rings. The minimum atomic E-state index is -0.322. The summed E-state index contributed by atoms with van der Waals surface area (Å²) in [5, 5.41) is 9.85. The summed E-state index contributed by atoms with van der Waals surface area (Å²) in [6, 6.07) is 1.57. The van der Waals surface area contributed by atoms with E-state index in [1.54, 1.807) is 16.0 Å². The third-order valence-corrected chi connectivity index (χ3v) is 7.72. The minimum Gasteiger partial charge on any atom is -0.472 e. The van der Waals surface area contributed by atoms with Gasteiger partial charge in [-0.25, -0.2) is 4.98 Å². The number of likely N-dealkylation sites (N-methyl/N-ethyl adjacent to an activating group) is 1. The molecule has 1 N–H and O–H groups in total. The highest BCUT2D eigenvalue weighted by molar-refractivity contribution is 5.97. The molecule has 0 spiro atoms. The third-order valence-electron chi connectivity index (χ3n) is 7.72. The zero-order valence-corrected chi connectivity index (χ0v) is 20.8. The van der Waals surface area contributed by atoms with Gasteiger partial charge >= 0.3 is 0 Å². The van der Waals surface area contributed by atoms with E-state index in [1.165, 1.54) is 12.0 Å². The monoisotopic (exact) mass is 469 g/mol. The van der Waals surface area contributed by atoms with Gasteiger partial charge in [0.25, 0.3) is 5.91 Å². The molecule has 7 heteroatoms. The van der Waals surface area contributed by atoms with Crippen LogP contribution in [-0.2, 0) is 4.79 Å². The van der Waals surface area contributed by atoms with Gasteiger partial charge < -0.3 is 19.6 Å². The standard InChI is InChI=1S/C27H39N3O4/c1-18-15-30(19(2)17-31)27(33)23-13-22(20-9-7-8-10-20)14-28-25(23)34-24(18)16-29(3)26(32)21-11-5-4-6-12-21/h9,13-14,18-19,21,24,31H,4-8,10-12,15-17H2,1-3H3/t18-,19+,24-/m1/s1. The minimum absolute atomic E-state index is 0.0354. The van der Waals surface area contributed by atoms with Crippen LogP contribution in [-0.4, -0.2) is 70.6 Å². The molecule has 0 bridgehead atoms. The Bertz CT molecular complexity index is 924. The Kier molecular flexibility index (Phi) is 7.91. The Balaban J connectivity index is 1.61. The SMILES string of the molecule is C[C@@H]1CN([C@@H](C)CO)C(=O)c2cc(C3=CCCC3)cnc2O[C@@H]1CN(C)C(=O)C1CCCCC1. The maximum absolute atomic E-state index is 13.6. The molecule has 0 unspecified atom stereocenters. The van der Waals surface area contributed by atoms with Crippen molar-refractivity contribution in [3.05, 3.63) is 29.5 Å². The molecule has 4 rings (SSSR count). The normalized spacial score (nSPS) is 24.5. The summed E-state index contributed by atoms with van der Waals surface area (Å²) < 4.78 is 6.37. The van der Waals surface area contributed by atoms with Gasteiger partial charge in [0.2, 0.25) is 11.8 Å². The van der Waals surface area contributed by atoms with E-state index in [2.05, 4.69) is 11.1 Å². The van der Waals surface area contributed by atoms with Gasteiger partial charge in [0.05, 0.1) is 19.2 Å². The average Bonchev–Trinajstić information content (AvgIpc) is 3.40. The first-order valence-electron chi connectivity index (χ1n) is 12.9. The number of amides is 2. The molecule has 3 atom stereocenters. The highest BCUT2D eigenvalue weighted by Crippen LogP contribution is 2.33. The van der Waals surface area contributed by atoms with Crippen molar-refractivity contribution in [2.75, 3.05) is 26.7 Å². The summed E-state index contributed by atoms with van der Waals surface area (Å²) in [7, 11) is 1.86. The number of fused-ring (bicyclic) bond motifs is 1. The summed E-state index contributed by atoms with van der Waals surface area (Å²) >= 11 is 0. The van der Waals surface area contributed by atoms with Gasteiger partial charge in [0, 0.05) is 31.6 Å². The van der Waals surface area contributed by atoms with E-state index in [0.29, 0.717) is 24.5 Å². The molecule has 34 heavy (non-hydrogen) atoms. The van der Waals surface area contributed by atoms with Gasteiger partial charge in [-0.3, -0.25) is 9.59 Å². The number of aliphatic hydroxyl groups excluding tert-OH is 1. The van der Waals surface area contributed by atoms with Crippen LogP contribution >= 0.6 is 0 Å². The summed E-state index contributed by atoms with van der Waals surface area (Å²) in [5.41, 5.74) is 2.61. The second kappa shape index (κ2) is 10.9. The number of hydrogen-bond donors (Lipinski definition) is 1. The van der Waals surface area contributed by atoms with Crippen LogP contribution in [0.25, 0.3) is 5.57 Å². The fraction of sp³-hybridized carbons (Fsp3) is 0.667. The van der Waals surface area contributed by atoms with Crippen molar-refractivity contribution in [3.63, 3.8) is 0 Å². The lowest BCUT2D eigenvalue weighted by atomic mass is 9.88. The third kappa shape index (κ3) is 5.29. The van der Waals surface area contributed by atoms with Crippen LogP contribution in [0.5, 0.6) is 5.88 Å². The molecule has 2 heterocycles. The first kappa shape index (κ1) is 24.7. The van der Waals surface area contributed by atoms with Crippen LogP contribution in [0, 0.1) is 11.8 Å². The van der Waals surface area contributed by atoms with E-state index >= 15 is 0 Å². The maximum atomic E-state index is 13.6. The van der Waals surface area contributed by atoms with Crippen molar-refractivity contribution in [2.45, 2.75) is 77.4 Å². The first-order valence-corrected chi connectivity index (χ1v) is 12.9. The number of carbonyl (C=O) groups is 2. The van der Waals surface area contributed by atoms with Gasteiger partial charge in [-0.05, 0) is 56.2 Å². The second-order valence-corrected chi connectivity index (χ2v) is 10.4. The van der Waals surface area contributed by atoms with E-state index in [1.807, 2.05) is 27.0 Å². The van der Waals surface area contributed by atoms with Gasteiger partial charge in [-0.15, -0.1) is 0 Å². The fourth-order valence-corrected chi connectivity index (χ4v) is 5.45. The molecule has 0 aromatic carbocycles. The highest BCUT2D eigenvalue weighted by atomic mass is 16.5. The van der Waals surface area contributed by atoms with Crippen molar-refractivity contribution in [3.8, 4) is 5.88 Å². The molecule has 0 saturated heterocycles. The Hall–Kier alpha value is -2.41. The van der Waals surface area contributed by atoms with E-state index in [9.17, 15) is 14.7 Å². The van der Waals surface area contributed by atoms with Crippen LogP contribution in [0.3, 0.4) is 0 Å². The Labute approximate surface area is 203 Å². The lowest BCUT2D eigenvalue weighted by molar-refractivity contribution is -0.136. The van der Waals surface area contributed by atoms with Gasteiger partial charge in [0.1, 0.15) is 11.7 Å². The molecule has 1 aliphatic heterocycles. The van der Waals surface area contributed by atoms with Crippen LogP contribution in [0.15, 0.2) is 18.3 Å². The number of ether oxygens (including phenoxy) is 1. The van der Waals surface area contributed by atoms with Crippen LogP contribution in [0.2, 0.25) is 0 Å². The predicted molar refractivity (Wildman–Crippen MR) is 131 cm³/mol. The van der Waals surface area contributed by atoms with Crippen molar-refractivity contribution >= 4 is 17.4 Å². The first-order chi connectivity index (χ1) is 16.4. The molecule has 2 aliphatic carbocycles. The number of nitrogens with zero attached hydrogens (tertiary/aromatic N) is 3. The highest BCUT2D eigenvalue weighted by Gasteiger charge is 2.35. The fourth-order valence-electron chi connectivity index (χ4n) is 5.45. The van der Waals surface area contributed by atoms with Gasteiger partial charge in [0.15, 0.2) is 0 Å². The number of carbonyl (C=O) groups excluding carboxylic acids is 2. The Morgan fingerprint density at radius 3 is 2.74 bits per heavy atom. The van der Waals surface area contributed by atoms with Crippen LogP contribution < -0.4 is 4.74 Å². The molecule has 7 nitrogen and oxygen atoms in total. The van der Waals surface area contributed by atoms with Gasteiger partial charge in [-0.2, -0.15) is 0 Å². The summed E-state index contributed by atoms with van der Waals surface area (Å²) in [6.07, 6.45) is 12.2. The molecule has 3 aliphatic rings. The second-order valence-electron chi connectivity index (χ2n) is 10.4. The Morgan fingerprint density at radius 1 is 1.29 bits per heavy atom. The molecule has 2 amide bonds. The molecule has 1 aromatic rings. The van der Waals surface area contributed by atoms with Crippen LogP contribution in [0.1, 0.15) is 81.1 Å². The van der Waals surface area contributed by atoms with Crippen molar-refractivity contribution in [1.82, 2.24) is 14.8 Å². The van der Waals surface area contributed by atoms with Crippen LogP contribution in [0.4, 0.5) is 0 Å².